The highest BCUT2D eigenvalue weighted by molar-refractivity contribution is 6.03. The molecule has 8 heteroatoms. The standard InChI is InChI=1S/C16H20N6O2/c1-4-21-7-8-22(16(21)24)14-6-5-12(10-17-14)18-15(23)13-9-11(2)20(3)19-13/h5-6,9-10H,4,7-8H2,1-3H3,(H,18,23). The highest BCUT2D eigenvalue weighted by Crippen LogP contribution is 2.19. The fourth-order valence-corrected chi connectivity index (χ4v) is 2.57. The zero-order valence-electron chi connectivity index (χ0n) is 14.0. The van der Waals surface area contributed by atoms with Crippen LogP contribution in [0.25, 0.3) is 0 Å². The van der Waals surface area contributed by atoms with E-state index in [1.807, 2.05) is 13.8 Å². The SMILES string of the molecule is CCN1CCN(c2ccc(NC(=O)c3cc(C)n(C)n3)cn2)C1=O. The number of aromatic nitrogens is 3. The van der Waals surface area contributed by atoms with Crippen molar-refractivity contribution in [3.8, 4) is 0 Å². The summed E-state index contributed by atoms with van der Waals surface area (Å²) in [5.41, 5.74) is 1.82. The van der Waals surface area contributed by atoms with Gasteiger partial charge in [0, 0.05) is 32.4 Å². The maximum Gasteiger partial charge on any atom is 0.325 e. The zero-order valence-corrected chi connectivity index (χ0v) is 14.0. The second-order valence-corrected chi connectivity index (χ2v) is 5.67. The van der Waals surface area contributed by atoms with Gasteiger partial charge in [0.2, 0.25) is 0 Å². The van der Waals surface area contributed by atoms with E-state index in [0.29, 0.717) is 36.8 Å². The molecular weight excluding hydrogens is 308 g/mol. The molecule has 0 spiro atoms. The minimum Gasteiger partial charge on any atom is -0.323 e. The second kappa shape index (κ2) is 6.31. The van der Waals surface area contributed by atoms with Gasteiger partial charge >= 0.3 is 6.03 Å². The van der Waals surface area contributed by atoms with Crippen molar-refractivity contribution in [3.05, 3.63) is 35.8 Å². The molecule has 0 aromatic carbocycles. The van der Waals surface area contributed by atoms with Crippen LogP contribution in [-0.2, 0) is 7.05 Å². The molecule has 1 aliphatic rings. The van der Waals surface area contributed by atoms with Crippen molar-refractivity contribution in [1.82, 2.24) is 19.7 Å². The summed E-state index contributed by atoms with van der Waals surface area (Å²) >= 11 is 0. The van der Waals surface area contributed by atoms with Gasteiger partial charge in [0.1, 0.15) is 5.82 Å². The van der Waals surface area contributed by atoms with Crippen molar-refractivity contribution in [3.63, 3.8) is 0 Å². The van der Waals surface area contributed by atoms with Crippen molar-refractivity contribution in [2.75, 3.05) is 29.9 Å². The normalized spacial score (nSPS) is 14.4. The van der Waals surface area contributed by atoms with E-state index >= 15 is 0 Å². The molecule has 126 valence electrons. The zero-order chi connectivity index (χ0) is 17.3. The highest BCUT2D eigenvalue weighted by atomic mass is 16.2. The average Bonchev–Trinajstić information content (AvgIpc) is 3.11. The van der Waals surface area contributed by atoms with Gasteiger partial charge in [-0.25, -0.2) is 9.78 Å². The van der Waals surface area contributed by atoms with E-state index in [2.05, 4.69) is 15.4 Å². The fraction of sp³-hybridized carbons (Fsp3) is 0.375. The number of nitrogens with one attached hydrogen (secondary N) is 1. The first-order valence-corrected chi connectivity index (χ1v) is 7.84. The van der Waals surface area contributed by atoms with E-state index in [9.17, 15) is 9.59 Å². The lowest BCUT2D eigenvalue weighted by Gasteiger charge is -2.16. The minimum absolute atomic E-state index is 0.0363. The van der Waals surface area contributed by atoms with Gasteiger partial charge in [-0.2, -0.15) is 5.10 Å². The summed E-state index contributed by atoms with van der Waals surface area (Å²) in [6.07, 6.45) is 1.55. The molecule has 0 bridgehead atoms. The molecule has 0 saturated carbocycles. The third-order valence-electron chi connectivity index (χ3n) is 4.11. The summed E-state index contributed by atoms with van der Waals surface area (Å²) in [5, 5.41) is 6.90. The topological polar surface area (TPSA) is 83.4 Å². The molecule has 1 N–H and O–H groups in total. The van der Waals surface area contributed by atoms with E-state index in [1.165, 1.54) is 0 Å². The molecule has 3 heterocycles. The molecule has 2 aromatic heterocycles. The van der Waals surface area contributed by atoms with Gasteiger partial charge in [0.25, 0.3) is 5.91 Å². The average molecular weight is 328 g/mol. The molecule has 0 unspecified atom stereocenters. The van der Waals surface area contributed by atoms with E-state index in [1.54, 1.807) is 45.9 Å². The Kier molecular flexibility index (Phi) is 4.20. The molecule has 2 aromatic rings. The molecule has 0 aliphatic carbocycles. The Labute approximate surface area is 140 Å². The number of carbonyl (C=O) groups excluding carboxylic acids is 2. The lowest BCUT2D eigenvalue weighted by molar-refractivity contribution is 0.102. The molecule has 1 aliphatic heterocycles. The van der Waals surface area contributed by atoms with Gasteiger partial charge in [0.05, 0.1) is 11.9 Å². The Morgan fingerprint density at radius 2 is 2.12 bits per heavy atom. The molecule has 8 nitrogen and oxygen atoms in total. The lowest BCUT2D eigenvalue weighted by atomic mass is 10.3. The van der Waals surface area contributed by atoms with Crippen molar-refractivity contribution in [2.24, 2.45) is 7.05 Å². The minimum atomic E-state index is -0.289. The Hall–Kier alpha value is -2.90. The van der Waals surface area contributed by atoms with Crippen LogP contribution in [-0.4, -0.2) is 51.2 Å². The largest absolute Gasteiger partial charge is 0.325 e. The molecule has 1 saturated heterocycles. The number of rotatable bonds is 4. The third kappa shape index (κ3) is 2.94. The lowest BCUT2D eigenvalue weighted by Crippen LogP contribution is -2.32. The van der Waals surface area contributed by atoms with E-state index < -0.39 is 0 Å². The number of likely N-dealkylation sites (N-methyl/N-ethyl adjacent to an activating group) is 1. The Morgan fingerprint density at radius 3 is 2.67 bits per heavy atom. The third-order valence-corrected chi connectivity index (χ3v) is 4.11. The van der Waals surface area contributed by atoms with E-state index in [4.69, 9.17) is 0 Å². The predicted octanol–water partition coefficient (Wildman–Crippen LogP) is 1.64. The first-order chi connectivity index (χ1) is 11.5. The molecule has 0 radical (unpaired) electrons. The second-order valence-electron chi connectivity index (χ2n) is 5.67. The van der Waals surface area contributed by atoms with Crippen molar-refractivity contribution < 1.29 is 9.59 Å². The number of amides is 3. The van der Waals surface area contributed by atoms with Gasteiger partial charge in [-0.05, 0) is 32.0 Å². The number of hydrogen-bond donors (Lipinski definition) is 1. The molecule has 1 fully saturated rings. The van der Waals surface area contributed by atoms with Crippen LogP contribution in [0.3, 0.4) is 0 Å². The number of carbonyl (C=O) groups is 2. The Morgan fingerprint density at radius 1 is 1.33 bits per heavy atom. The summed E-state index contributed by atoms with van der Waals surface area (Å²) in [5.74, 6) is 0.297. The van der Waals surface area contributed by atoms with Crippen LogP contribution in [0.1, 0.15) is 23.1 Å². The van der Waals surface area contributed by atoms with Gasteiger partial charge < -0.3 is 10.2 Å². The van der Waals surface area contributed by atoms with Gasteiger partial charge in [-0.15, -0.1) is 0 Å². The first-order valence-electron chi connectivity index (χ1n) is 7.84. The summed E-state index contributed by atoms with van der Waals surface area (Å²) in [7, 11) is 1.79. The molecule has 24 heavy (non-hydrogen) atoms. The molecule has 0 atom stereocenters. The molecule has 3 amide bonds. The van der Waals surface area contributed by atoms with Gasteiger partial charge in [0.15, 0.2) is 5.69 Å². The Bertz CT molecular complexity index is 748. The van der Waals surface area contributed by atoms with Crippen LogP contribution in [0.15, 0.2) is 24.4 Å². The predicted molar refractivity (Wildman–Crippen MR) is 90.1 cm³/mol. The highest BCUT2D eigenvalue weighted by Gasteiger charge is 2.28. The van der Waals surface area contributed by atoms with Crippen LogP contribution in [0, 0.1) is 6.92 Å². The van der Waals surface area contributed by atoms with Crippen molar-refractivity contribution >= 4 is 23.4 Å². The number of nitrogens with zero attached hydrogens (tertiary/aromatic N) is 5. The summed E-state index contributed by atoms with van der Waals surface area (Å²) in [4.78, 5) is 32.0. The van der Waals surface area contributed by atoms with Gasteiger partial charge in [-0.1, -0.05) is 0 Å². The summed E-state index contributed by atoms with van der Waals surface area (Å²) in [6, 6.07) is 5.15. The van der Waals surface area contributed by atoms with Crippen LogP contribution in [0.4, 0.5) is 16.3 Å². The van der Waals surface area contributed by atoms with Crippen molar-refractivity contribution in [2.45, 2.75) is 13.8 Å². The monoisotopic (exact) mass is 328 g/mol. The van der Waals surface area contributed by atoms with E-state index in [-0.39, 0.29) is 11.9 Å². The summed E-state index contributed by atoms with van der Waals surface area (Å²) < 4.78 is 1.65. The van der Waals surface area contributed by atoms with Crippen LogP contribution in [0.2, 0.25) is 0 Å². The van der Waals surface area contributed by atoms with Gasteiger partial charge in [-0.3, -0.25) is 14.4 Å². The van der Waals surface area contributed by atoms with Crippen LogP contribution < -0.4 is 10.2 Å². The quantitative estimate of drug-likeness (QED) is 0.925. The number of aryl methyl sites for hydroxylation is 2. The first kappa shape index (κ1) is 16.0. The maximum absolute atomic E-state index is 12.2. The molecular formula is C16H20N6O2. The molecule has 3 rings (SSSR count). The number of urea groups is 1. The number of hydrogen-bond acceptors (Lipinski definition) is 4. The number of pyridine rings is 1. The Balaban J connectivity index is 1.69. The van der Waals surface area contributed by atoms with E-state index in [0.717, 1.165) is 5.69 Å². The van der Waals surface area contributed by atoms with Crippen LogP contribution >= 0.6 is 0 Å². The summed E-state index contributed by atoms with van der Waals surface area (Å²) in [6.45, 7) is 5.85. The maximum atomic E-state index is 12.2. The van der Waals surface area contributed by atoms with Crippen molar-refractivity contribution in [1.29, 1.82) is 0 Å². The smallest absolute Gasteiger partial charge is 0.323 e. The number of anilines is 2. The fourth-order valence-electron chi connectivity index (χ4n) is 2.57. The van der Waals surface area contributed by atoms with Crippen LogP contribution in [0.5, 0.6) is 0 Å².